The predicted octanol–water partition coefficient (Wildman–Crippen LogP) is 4.96. The molecule has 0 fully saturated rings. The van der Waals surface area contributed by atoms with Crippen molar-refractivity contribution in [2.75, 3.05) is 0 Å². The summed E-state index contributed by atoms with van der Waals surface area (Å²) in [6.07, 6.45) is 0. The Morgan fingerprint density at radius 3 is 2.42 bits per heavy atom. The van der Waals surface area contributed by atoms with Gasteiger partial charge in [-0.3, -0.25) is 4.57 Å². The van der Waals surface area contributed by atoms with Gasteiger partial charge in [0.15, 0.2) is 4.77 Å². The van der Waals surface area contributed by atoms with Crippen LogP contribution in [0.2, 0.25) is 5.02 Å². The Labute approximate surface area is 121 Å². The summed E-state index contributed by atoms with van der Waals surface area (Å²) >= 11 is 11.4. The molecule has 96 valence electrons. The number of fused-ring (bicyclic) bond motifs is 1. The monoisotopic (exact) mass is 288 g/mol. The maximum absolute atomic E-state index is 6.01. The van der Waals surface area contributed by atoms with E-state index in [4.69, 9.17) is 23.8 Å². The molecule has 0 aliphatic carbocycles. The van der Waals surface area contributed by atoms with Crippen molar-refractivity contribution in [2.24, 2.45) is 0 Å². The molecule has 0 saturated heterocycles. The third-order valence-corrected chi connectivity index (χ3v) is 3.63. The van der Waals surface area contributed by atoms with Gasteiger partial charge in [-0.2, -0.15) is 0 Å². The van der Waals surface area contributed by atoms with Gasteiger partial charge in [-0.1, -0.05) is 17.7 Å². The first-order valence-corrected chi connectivity index (χ1v) is 6.82. The van der Waals surface area contributed by atoms with Gasteiger partial charge in [0, 0.05) is 10.7 Å². The number of halogens is 1. The first-order chi connectivity index (χ1) is 9.04. The smallest absolute Gasteiger partial charge is 0.182 e. The van der Waals surface area contributed by atoms with Crippen LogP contribution in [-0.2, 0) is 0 Å². The highest BCUT2D eigenvalue weighted by Crippen LogP contribution is 2.23. The fraction of sp³-hybridized carbons (Fsp3) is 0.133. The van der Waals surface area contributed by atoms with Crippen LogP contribution >= 0.6 is 23.8 Å². The SMILES string of the molecule is Cc1cc(C)cc(-n2c(=S)[nH]c3cc(Cl)ccc32)c1. The van der Waals surface area contributed by atoms with Crippen LogP contribution in [0, 0.1) is 18.6 Å². The topological polar surface area (TPSA) is 20.7 Å². The summed E-state index contributed by atoms with van der Waals surface area (Å²) in [6.45, 7) is 4.18. The van der Waals surface area contributed by atoms with Crippen LogP contribution in [0.3, 0.4) is 0 Å². The second kappa shape index (κ2) is 4.51. The largest absolute Gasteiger partial charge is 0.330 e. The fourth-order valence-corrected chi connectivity index (χ4v) is 2.91. The van der Waals surface area contributed by atoms with E-state index >= 15 is 0 Å². The maximum Gasteiger partial charge on any atom is 0.182 e. The van der Waals surface area contributed by atoms with Crippen molar-refractivity contribution < 1.29 is 0 Å². The van der Waals surface area contributed by atoms with E-state index in [0.717, 1.165) is 16.7 Å². The number of aryl methyl sites for hydroxylation is 2. The molecule has 2 aromatic carbocycles. The van der Waals surface area contributed by atoms with Crippen LogP contribution in [-0.4, -0.2) is 9.55 Å². The Kier molecular flexibility index (Phi) is 2.96. The van der Waals surface area contributed by atoms with Crippen LogP contribution in [0.4, 0.5) is 0 Å². The quantitative estimate of drug-likeness (QED) is 0.628. The van der Waals surface area contributed by atoms with Crippen LogP contribution in [0.25, 0.3) is 16.7 Å². The van der Waals surface area contributed by atoms with Gasteiger partial charge in [-0.15, -0.1) is 0 Å². The second-order valence-corrected chi connectivity index (χ2v) is 5.60. The third kappa shape index (κ3) is 2.20. The molecule has 0 aliphatic heterocycles. The van der Waals surface area contributed by atoms with E-state index in [1.54, 1.807) is 0 Å². The van der Waals surface area contributed by atoms with Gasteiger partial charge >= 0.3 is 0 Å². The van der Waals surface area contributed by atoms with Gasteiger partial charge < -0.3 is 4.98 Å². The highest BCUT2D eigenvalue weighted by molar-refractivity contribution is 7.71. The summed E-state index contributed by atoms with van der Waals surface area (Å²) in [5.74, 6) is 0. The summed E-state index contributed by atoms with van der Waals surface area (Å²) < 4.78 is 2.73. The highest BCUT2D eigenvalue weighted by Gasteiger charge is 2.07. The molecule has 1 N–H and O–H groups in total. The van der Waals surface area contributed by atoms with Crippen molar-refractivity contribution in [2.45, 2.75) is 13.8 Å². The van der Waals surface area contributed by atoms with Gasteiger partial charge in [0.1, 0.15) is 0 Å². The zero-order valence-electron chi connectivity index (χ0n) is 10.7. The third-order valence-electron chi connectivity index (χ3n) is 3.11. The predicted molar refractivity (Wildman–Crippen MR) is 82.9 cm³/mol. The molecule has 19 heavy (non-hydrogen) atoms. The number of hydrogen-bond donors (Lipinski definition) is 1. The zero-order chi connectivity index (χ0) is 13.6. The van der Waals surface area contributed by atoms with E-state index in [1.165, 1.54) is 11.1 Å². The molecule has 0 spiro atoms. The number of nitrogens with one attached hydrogen (secondary N) is 1. The lowest BCUT2D eigenvalue weighted by Gasteiger charge is -2.07. The first kappa shape index (κ1) is 12.5. The lowest BCUT2D eigenvalue weighted by atomic mass is 10.1. The minimum absolute atomic E-state index is 0.683. The van der Waals surface area contributed by atoms with Gasteiger partial charge in [0.05, 0.1) is 11.0 Å². The second-order valence-electron chi connectivity index (χ2n) is 4.77. The summed E-state index contributed by atoms with van der Waals surface area (Å²) in [5.41, 5.74) is 5.52. The molecule has 4 heteroatoms. The molecule has 3 aromatic rings. The maximum atomic E-state index is 6.01. The first-order valence-electron chi connectivity index (χ1n) is 6.03. The van der Waals surface area contributed by atoms with Crippen molar-refractivity contribution in [3.05, 3.63) is 57.3 Å². The van der Waals surface area contributed by atoms with E-state index in [1.807, 2.05) is 22.8 Å². The molecule has 0 unspecified atom stereocenters. The van der Waals surface area contributed by atoms with E-state index in [9.17, 15) is 0 Å². The van der Waals surface area contributed by atoms with Gasteiger partial charge in [0.25, 0.3) is 0 Å². The van der Waals surface area contributed by atoms with E-state index < -0.39 is 0 Å². The summed E-state index contributed by atoms with van der Waals surface area (Å²) in [6, 6.07) is 12.2. The molecule has 0 saturated carbocycles. The fourth-order valence-electron chi connectivity index (χ4n) is 2.42. The average molecular weight is 289 g/mol. The van der Waals surface area contributed by atoms with Gasteiger partial charge in [-0.05, 0) is 67.5 Å². The number of aromatic nitrogens is 2. The lowest BCUT2D eigenvalue weighted by molar-refractivity contribution is 1.06. The number of hydrogen-bond acceptors (Lipinski definition) is 1. The van der Waals surface area contributed by atoms with Crippen molar-refractivity contribution >= 4 is 34.9 Å². The molecule has 0 bridgehead atoms. The Hall–Kier alpha value is -1.58. The van der Waals surface area contributed by atoms with Gasteiger partial charge in [-0.25, -0.2) is 0 Å². The molecule has 0 radical (unpaired) electrons. The molecule has 1 aromatic heterocycles. The summed E-state index contributed by atoms with van der Waals surface area (Å²) in [7, 11) is 0. The van der Waals surface area contributed by atoms with E-state index in [0.29, 0.717) is 9.79 Å². The molecular weight excluding hydrogens is 276 g/mol. The average Bonchev–Trinajstić information content (AvgIpc) is 2.62. The molecule has 3 rings (SSSR count). The Bertz CT molecular complexity index is 810. The van der Waals surface area contributed by atoms with E-state index in [-0.39, 0.29) is 0 Å². The zero-order valence-corrected chi connectivity index (χ0v) is 12.3. The van der Waals surface area contributed by atoms with Crippen molar-refractivity contribution in [1.82, 2.24) is 9.55 Å². The van der Waals surface area contributed by atoms with Crippen LogP contribution in [0.5, 0.6) is 0 Å². The molecule has 0 atom stereocenters. The van der Waals surface area contributed by atoms with Crippen molar-refractivity contribution in [3.63, 3.8) is 0 Å². The Balaban J connectivity index is 2.36. The van der Waals surface area contributed by atoms with E-state index in [2.05, 4.69) is 37.0 Å². The lowest BCUT2D eigenvalue weighted by Crippen LogP contribution is -1.95. The van der Waals surface area contributed by atoms with Crippen LogP contribution in [0.1, 0.15) is 11.1 Å². The highest BCUT2D eigenvalue weighted by atomic mass is 35.5. The van der Waals surface area contributed by atoms with Crippen LogP contribution in [0.15, 0.2) is 36.4 Å². The molecule has 1 heterocycles. The summed E-state index contributed by atoms with van der Waals surface area (Å²) in [4.78, 5) is 3.20. The normalized spacial score (nSPS) is 11.1. The Morgan fingerprint density at radius 2 is 1.74 bits per heavy atom. The molecule has 2 nitrogen and oxygen atoms in total. The number of aromatic amines is 1. The number of nitrogens with zero attached hydrogens (tertiary/aromatic N) is 1. The molecule has 0 amide bonds. The number of H-pyrrole nitrogens is 1. The molecule has 0 aliphatic rings. The van der Waals surface area contributed by atoms with Gasteiger partial charge in [0.2, 0.25) is 0 Å². The van der Waals surface area contributed by atoms with Crippen molar-refractivity contribution in [3.8, 4) is 5.69 Å². The summed E-state index contributed by atoms with van der Waals surface area (Å²) in [5, 5.41) is 0.705. The molecular formula is C15H13ClN2S. The number of imidazole rings is 1. The van der Waals surface area contributed by atoms with Crippen LogP contribution < -0.4 is 0 Å². The van der Waals surface area contributed by atoms with Crippen molar-refractivity contribution in [1.29, 1.82) is 0 Å². The number of benzene rings is 2. The Morgan fingerprint density at radius 1 is 1.05 bits per heavy atom. The minimum Gasteiger partial charge on any atom is -0.330 e. The minimum atomic E-state index is 0.683. The number of rotatable bonds is 1. The standard InChI is InChI=1S/C15H13ClN2S/c1-9-5-10(2)7-12(6-9)18-14-4-3-11(16)8-13(14)17-15(18)19/h3-8H,1-2H3,(H,17,19).